The zero-order valence-corrected chi connectivity index (χ0v) is 9.73. The molecule has 0 aliphatic carbocycles. The number of pyridine rings is 1. The standard InChI is InChI=1S/C11H17ClN2/c1-8-4-9(6-14-10(8)12)5-11(2,3)7-13/h4,6H,5,7,13H2,1-3H3. The van der Waals surface area contributed by atoms with Gasteiger partial charge in [-0.05, 0) is 36.4 Å². The van der Waals surface area contributed by atoms with Crippen molar-refractivity contribution in [1.82, 2.24) is 4.98 Å². The summed E-state index contributed by atoms with van der Waals surface area (Å²) < 4.78 is 0. The summed E-state index contributed by atoms with van der Waals surface area (Å²) in [7, 11) is 0. The van der Waals surface area contributed by atoms with E-state index in [4.69, 9.17) is 17.3 Å². The van der Waals surface area contributed by atoms with Crippen LogP contribution in [0.4, 0.5) is 0 Å². The summed E-state index contributed by atoms with van der Waals surface area (Å²) in [6.07, 6.45) is 2.77. The summed E-state index contributed by atoms with van der Waals surface area (Å²) in [5.41, 5.74) is 8.02. The van der Waals surface area contributed by atoms with Gasteiger partial charge in [-0.25, -0.2) is 4.98 Å². The van der Waals surface area contributed by atoms with Crippen molar-refractivity contribution in [2.45, 2.75) is 27.2 Å². The molecular weight excluding hydrogens is 196 g/mol. The van der Waals surface area contributed by atoms with Gasteiger partial charge in [-0.3, -0.25) is 0 Å². The van der Waals surface area contributed by atoms with Gasteiger partial charge in [0.25, 0.3) is 0 Å². The first-order valence-corrected chi connectivity index (χ1v) is 5.13. The lowest BCUT2D eigenvalue weighted by molar-refractivity contribution is 0.376. The van der Waals surface area contributed by atoms with Crippen LogP contribution in [0, 0.1) is 12.3 Å². The van der Waals surface area contributed by atoms with Gasteiger partial charge >= 0.3 is 0 Å². The van der Waals surface area contributed by atoms with Crippen LogP contribution < -0.4 is 5.73 Å². The molecule has 0 aliphatic rings. The molecule has 0 atom stereocenters. The predicted octanol–water partition coefficient (Wildman–Crippen LogP) is 2.57. The van der Waals surface area contributed by atoms with Crippen molar-refractivity contribution in [2.75, 3.05) is 6.54 Å². The second kappa shape index (κ2) is 4.28. The summed E-state index contributed by atoms with van der Waals surface area (Å²) in [5, 5.41) is 0.583. The Labute approximate surface area is 90.5 Å². The Morgan fingerprint density at radius 3 is 2.64 bits per heavy atom. The van der Waals surface area contributed by atoms with Crippen LogP contribution in [-0.2, 0) is 6.42 Å². The van der Waals surface area contributed by atoms with Crippen LogP contribution in [0.5, 0.6) is 0 Å². The third-order valence-electron chi connectivity index (χ3n) is 2.31. The first-order valence-electron chi connectivity index (χ1n) is 4.76. The number of rotatable bonds is 3. The molecule has 0 saturated heterocycles. The molecule has 2 N–H and O–H groups in total. The minimum Gasteiger partial charge on any atom is -0.330 e. The van der Waals surface area contributed by atoms with Gasteiger partial charge in [-0.2, -0.15) is 0 Å². The predicted molar refractivity (Wildman–Crippen MR) is 60.5 cm³/mol. The van der Waals surface area contributed by atoms with Crippen molar-refractivity contribution in [3.05, 3.63) is 28.5 Å². The van der Waals surface area contributed by atoms with Crippen molar-refractivity contribution >= 4 is 11.6 Å². The van der Waals surface area contributed by atoms with Crippen LogP contribution in [0.3, 0.4) is 0 Å². The number of hydrogen-bond acceptors (Lipinski definition) is 2. The molecular formula is C11H17ClN2. The molecule has 1 aromatic rings. The van der Waals surface area contributed by atoms with E-state index in [1.54, 1.807) is 0 Å². The average Bonchev–Trinajstić information content (AvgIpc) is 2.11. The summed E-state index contributed by atoms with van der Waals surface area (Å²) >= 11 is 5.85. The second-order valence-electron chi connectivity index (χ2n) is 4.50. The number of nitrogens with two attached hydrogens (primary N) is 1. The first kappa shape index (κ1) is 11.5. The summed E-state index contributed by atoms with van der Waals surface area (Å²) in [4.78, 5) is 4.12. The van der Waals surface area contributed by atoms with Gasteiger partial charge in [0.2, 0.25) is 0 Å². The fourth-order valence-corrected chi connectivity index (χ4v) is 1.44. The fraction of sp³-hybridized carbons (Fsp3) is 0.545. The summed E-state index contributed by atoms with van der Waals surface area (Å²) in [6.45, 7) is 6.94. The van der Waals surface area contributed by atoms with E-state index >= 15 is 0 Å². The fourth-order valence-electron chi connectivity index (χ4n) is 1.34. The molecule has 14 heavy (non-hydrogen) atoms. The average molecular weight is 213 g/mol. The minimum absolute atomic E-state index is 0.127. The SMILES string of the molecule is Cc1cc(CC(C)(C)CN)cnc1Cl. The van der Waals surface area contributed by atoms with Crippen molar-refractivity contribution < 1.29 is 0 Å². The van der Waals surface area contributed by atoms with E-state index in [1.807, 2.05) is 13.1 Å². The lowest BCUT2D eigenvalue weighted by Gasteiger charge is -2.22. The third-order valence-corrected chi connectivity index (χ3v) is 2.70. The van der Waals surface area contributed by atoms with Gasteiger partial charge in [0.1, 0.15) is 5.15 Å². The number of hydrogen-bond donors (Lipinski definition) is 1. The van der Waals surface area contributed by atoms with Crippen molar-refractivity contribution in [3.8, 4) is 0 Å². The van der Waals surface area contributed by atoms with Crippen LogP contribution in [0.2, 0.25) is 5.15 Å². The minimum atomic E-state index is 0.127. The van der Waals surface area contributed by atoms with E-state index in [0.29, 0.717) is 11.7 Å². The molecule has 0 aliphatic heterocycles. The molecule has 78 valence electrons. The van der Waals surface area contributed by atoms with Gasteiger partial charge in [-0.1, -0.05) is 31.5 Å². The highest BCUT2D eigenvalue weighted by Crippen LogP contribution is 2.21. The summed E-state index contributed by atoms with van der Waals surface area (Å²) in [6, 6.07) is 2.08. The van der Waals surface area contributed by atoms with Crippen molar-refractivity contribution in [3.63, 3.8) is 0 Å². The third kappa shape index (κ3) is 2.96. The molecule has 1 rings (SSSR count). The normalized spacial score (nSPS) is 11.8. The van der Waals surface area contributed by atoms with Crippen LogP contribution >= 0.6 is 11.6 Å². The van der Waals surface area contributed by atoms with Crippen LogP contribution in [0.25, 0.3) is 0 Å². The molecule has 0 saturated carbocycles. The molecule has 0 spiro atoms. The molecule has 1 aromatic heterocycles. The topological polar surface area (TPSA) is 38.9 Å². The zero-order valence-electron chi connectivity index (χ0n) is 8.97. The molecule has 0 unspecified atom stereocenters. The van der Waals surface area contributed by atoms with Crippen molar-refractivity contribution in [2.24, 2.45) is 11.1 Å². The van der Waals surface area contributed by atoms with Crippen LogP contribution in [0.15, 0.2) is 12.3 Å². The molecule has 3 heteroatoms. The smallest absolute Gasteiger partial charge is 0.131 e. The monoisotopic (exact) mass is 212 g/mol. The van der Waals surface area contributed by atoms with E-state index in [2.05, 4.69) is 24.9 Å². The van der Waals surface area contributed by atoms with E-state index in [-0.39, 0.29) is 5.41 Å². The Morgan fingerprint density at radius 1 is 1.50 bits per heavy atom. The number of aryl methyl sites for hydroxylation is 1. The Kier molecular flexibility index (Phi) is 3.51. The molecule has 1 heterocycles. The lowest BCUT2D eigenvalue weighted by Crippen LogP contribution is -2.25. The highest BCUT2D eigenvalue weighted by Gasteiger charge is 2.16. The largest absolute Gasteiger partial charge is 0.330 e. The number of aromatic nitrogens is 1. The van der Waals surface area contributed by atoms with E-state index < -0.39 is 0 Å². The second-order valence-corrected chi connectivity index (χ2v) is 4.85. The van der Waals surface area contributed by atoms with E-state index in [1.165, 1.54) is 5.56 Å². The Bertz CT molecular complexity index is 321. The maximum atomic E-state index is 5.85. The molecule has 0 aromatic carbocycles. The molecule has 2 nitrogen and oxygen atoms in total. The van der Waals surface area contributed by atoms with Gasteiger partial charge in [0.05, 0.1) is 0 Å². The maximum Gasteiger partial charge on any atom is 0.131 e. The zero-order chi connectivity index (χ0) is 10.8. The van der Waals surface area contributed by atoms with Crippen LogP contribution in [-0.4, -0.2) is 11.5 Å². The number of nitrogens with zero attached hydrogens (tertiary/aromatic N) is 1. The van der Waals surface area contributed by atoms with E-state index in [0.717, 1.165) is 12.0 Å². The quantitative estimate of drug-likeness (QED) is 0.783. The number of halogens is 1. The summed E-state index contributed by atoms with van der Waals surface area (Å²) in [5.74, 6) is 0. The van der Waals surface area contributed by atoms with E-state index in [9.17, 15) is 0 Å². The Morgan fingerprint density at radius 2 is 2.14 bits per heavy atom. The molecule has 0 bridgehead atoms. The molecule has 0 radical (unpaired) electrons. The lowest BCUT2D eigenvalue weighted by atomic mass is 9.86. The van der Waals surface area contributed by atoms with Crippen molar-refractivity contribution in [1.29, 1.82) is 0 Å². The van der Waals surface area contributed by atoms with Gasteiger partial charge in [-0.15, -0.1) is 0 Å². The molecule has 0 amide bonds. The van der Waals surface area contributed by atoms with Gasteiger partial charge in [0, 0.05) is 6.20 Å². The molecule has 0 fully saturated rings. The Balaban J connectivity index is 2.83. The van der Waals surface area contributed by atoms with Crippen LogP contribution in [0.1, 0.15) is 25.0 Å². The van der Waals surface area contributed by atoms with Gasteiger partial charge in [0.15, 0.2) is 0 Å². The highest BCUT2D eigenvalue weighted by atomic mass is 35.5. The first-order chi connectivity index (χ1) is 6.44. The Hall–Kier alpha value is -0.600. The van der Waals surface area contributed by atoms with Gasteiger partial charge < -0.3 is 5.73 Å². The highest BCUT2D eigenvalue weighted by molar-refractivity contribution is 6.30. The maximum absolute atomic E-state index is 5.85.